The Hall–Kier alpha value is -2.59. The van der Waals surface area contributed by atoms with Crippen LogP contribution < -0.4 is 20.9 Å². The van der Waals surface area contributed by atoms with E-state index in [9.17, 15) is 4.79 Å². The SMILES string of the molecule is Cc1c(N2CCC3(CC2)CO[C@@H](C)[C@H]3N)nc(C)n(-c2ccc(Oc3ccn[nH]3)c(Cl)c2Cl)c1=O. The highest BCUT2D eigenvalue weighted by atomic mass is 35.5. The van der Waals surface area contributed by atoms with E-state index in [0.717, 1.165) is 25.9 Å². The van der Waals surface area contributed by atoms with Crippen molar-refractivity contribution < 1.29 is 9.47 Å². The Bertz CT molecular complexity index is 1300. The third kappa shape index (κ3) is 4.10. The summed E-state index contributed by atoms with van der Waals surface area (Å²) in [5.41, 5.74) is 7.26. The molecule has 2 aliphatic heterocycles. The zero-order valence-electron chi connectivity index (χ0n) is 19.8. The molecule has 9 nitrogen and oxygen atoms in total. The van der Waals surface area contributed by atoms with E-state index in [1.165, 1.54) is 4.57 Å². The van der Waals surface area contributed by atoms with Crippen LogP contribution in [0.15, 0.2) is 29.2 Å². The predicted molar refractivity (Wildman–Crippen MR) is 135 cm³/mol. The van der Waals surface area contributed by atoms with Crippen LogP contribution in [0.1, 0.15) is 31.2 Å². The van der Waals surface area contributed by atoms with Crippen LogP contribution in [0, 0.1) is 19.3 Å². The van der Waals surface area contributed by atoms with Crippen molar-refractivity contribution in [2.24, 2.45) is 11.1 Å². The van der Waals surface area contributed by atoms with Crippen molar-refractivity contribution >= 4 is 29.0 Å². The van der Waals surface area contributed by atoms with Gasteiger partial charge in [0.2, 0.25) is 5.88 Å². The molecule has 2 fully saturated rings. The highest BCUT2D eigenvalue weighted by Gasteiger charge is 2.47. The van der Waals surface area contributed by atoms with Gasteiger partial charge < -0.3 is 20.1 Å². The molecular weight excluding hydrogens is 491 g/mol. The highest BCUT2D eigenvalue weighted by Crippen LogP contribution is 2.42. The summed E-state index contributed by atoms with van der Waals surface area (Å²) in [6.07, 6.45) is 3.44. The second-order valence-corrected chi connectivity index (χ2v) is 10.1. The van der Waals surface area contributed by atoms with Gasteiger partial charge in [-0.05, 0) is 45.7 Å². The van der Waals surface area contributed by atoms with Crippen molar-refractivity contribution in [1.29, 1.82) is 0 Å². The zero-order chi connectivity index (χ0) is 24.9. The number of aromatic nitrogens is 4. The number of rotatable bonds is 4. The smallest absolute Gasteiger partial charge is 0.263 e. The number of ether oxygens (including phenoxy) is 2. The maximum Gasteiger partial charge on any atom is 0.263 e. The quantitative estimate of drug-likeness (QED) is 0.536. The summed E-state index contributed by atoms with van der Waals surface area (Å²) in [6.45, 7) is 7.85. The van der Waals surface area contributed by atoms with Gasteiger partial charge in [0.25, 0.3) is 5.56 Å². The first-order valence-corrected chi connectivity index (χ1v) is 12.4. The lowest BCUT2D eigenvalue weighted by atomic mass is 9.73. The molecule has 2 saturated heterocycles. The van der Waals surface area contributed by atoms with Crippen molar-refractivity contribution in [3.05, 3.63) is 56.2 Å². The van der Waals surface area contributed by atoms with Crippen molar-refractivity contribution in [1.82, 2.24) is 19.7 Å². The largest absolute Gasteiger partial charge is 0.438 e. The van der Waals surface area contributed by atoms with Gasteiger partial charge in [-0.3, -0.25) is 9.36 Å². The van der Waals surface area contributed by atoms with E-state index in [1.807, 2.05) is 6.92 Å². The fraction of sp³-hybridized carbons (Fsp3) is 0.458. The Balaban J connectivity index is 1.43. The lowest BCUT2D eigenvalue weighted by molar-refractivity contribution is 0.0974. The minimum absolute atomic E-state index is 0.00185. The van der Waals surface area contributed by atoms with Gasteiger partial charge in [0.15, 0.2) is 0 Å². The van der Waals surface area contributed by atoms with E-state index in [-0.39, 0.29) is 33.2 Å². The molecule has 1 spiro atoms. The standard InChI is InChI=1S/C24H28Cl2N6O3/c1-13-22(31-10-7-24(8-11-31)12-34-14(2)21(24)27)29-15(3)32(23(13)33)16-4-5-17(20(26)19(16)25)35-18-6-9-28-30-18/h4-6,9,14,21H,7-8,10-12,27H2,1-3H3,(H,28,30)/t14-,21+/m0/s1. The van der Waals surface area contributed by atoms with Crippen LogP contribution in [-0.2, 0) is 4.74 Å². The average Bonchev–Trinajstić information content (AvgIpc) is 3.46. The van der Waals surface area contributed by atoms with E-state index >= 15 is 0 Å². The number of aromatic amines is 1. The molecule has 3 aromatic rings. The summed E-state index contributed by atoms with van der Waals surface area (Å²) in [6, 6.07) is 5.05. The van der Waals surface area contributed by atoms with Gasteiger partial charge in [-0.1, -0.05) is 23.2 Å². The van der Waals surface area contributed by atoms with E-state index < -0.39 is 0 Å². The summed E-state index contributed by atoms with van der Waals surface area (Å²) in [4.78, 5) is 20.5. The van der Waals surface area contributed by atoms with Crippen LogP contribution in [0.3, 0.4) is 0 Å². The van der Waals surface area contributed by atoms with E-state index in [4.69, 9.17) is 43.4 Å². The number of nitrogens with one attached hydrogen (secondary N) is 1. The number of halogens is 2. The molecule has 186 valence electrons. The summed E-state index contributed by atoms with van der Waals surface area (Å²) < 4.78 is 13.0. The lowest BCUT2D eigenvalue weighted by Crippen LogP contribution is -2.51. The van der Waals surface area contributed by atoms with Crippen molar-refractivity contribution in [2.45, 2.75) is 45.8 Å². The van der Waals surface area contributed by atoms with Gasteiger partial charge in [-0.15, -0.1) is 0 Å². The molecule has 11 heteroatoms. The minimum Gasteiger partial charge on any atom is -0.438 e. The van der Waals surface area contributed by atoms with Crippen LogP contribution in [0.2, 0.25) is 10.0 Å². The fourth-order valence-electron chi connectivity index (χ4n) is 5.12. The number of hydrogen-bond acceptors (Lipinski definition) is 7. The first-order chi connectivity index (χ1) is 16.7. The van der Waals surface area contributed by atoms with Crippen molar-refractivity contribution in [3.63, 3.8) is 0 Å². The minimum atomic E-state index is -0.192. The zero-order valence-corrected chi connectivity index (χ0v) is 21.4. The van der Waals surface area contributed by atoms with Gasteiger partial charge in [0, 0.05) is 30.6 Å². The maximum atomic E-state index is 13.5. The number of piperidine rings is 1. The summed E-state index contributed by atoms with van der Waals surface area (Å²) in [5.74, 6) is 1.99. The molecular formula is C24H28Cl2N6O3. The average molecular weight is 519 g/mol. The van der Waals surface area contributed by atoms with Crippen LogP contribution in [-0.4, -0.2) is 51.6 Å². The number of aryl methyl sites for hydroxylation is 1. The summed E-state index contributed by atoms with van der Waals surface area (Å²) in [5, 5.41) is 6.94. The normalized spacial score (nSPS) is 21.6. The molecule has 0 saturated carbocycles. The van der Waals surface area contributed by atoms with Crippen LogP contribution in [0.25, 0.3) is 5.69 Å². The number of H-pyrrole nitrogens is 1. The number of nitrogens with two attached hydrogens (primary N) is 1. The molecule has 5 rings (SSSR count). The molecule has 1 aromatic carbocycles. The predicted octanol–water partition coefficient (Wildman–Crippen LogP) is 4.00. The number of benzene rings is 1. The van der Waals surface area contributed by atoms with E-state index in [1.54, 1.807) is 38.2 Å². The van der Waals surface area contributed by atoms with Gasteiger partial charge in [0.05, 0.1) is 35.2 Å². The molecule has 0 aliphatic carbocycles. The molecule has 0 unspecified atom stereocenters. The molecule has 3 N–H and O–H groups in total. The molecule has 2 aromatic heterocycles. The Morgan fingerprint density at radius 3 is 2.57 bits per heavy atom. The van der Waals surface area contributed by atoms with Gasteiger partial charge in [-0.2, -0.15) is 5.10 Å². The van der Waals surface area contributed by atoms with E-state index in [2.05, 4.69) is 15.1 Å². The van der Waals surface area contributed by atoms with Crippen molar-refractivity contribution in [2.75, 3.05) is 24.6 Å². The van der Waals surface area contributed by atoms with Crippen molar-refractivity contribution in [3.8, 4) is 17.3 Å². The molecule has 2 aliphatic rings. The number of anilines is 1. The molecule has 2 atom stereocenters. The first kappa shape index (κ1) is 24.1. The Morgan fingerprint density at radius 1 is 1.20 bits per heavy atom. The van der Waals surface area contributed by atoms with Gasteiger partial charge >= 0.3 is 0 Å². The second kappa shape index (κ2) is 9.13. The highest BCUT2D eigenvalue weighted by molar-refractivity contribution is 6.44. The molecule has 35 heavy (non-hydrogen) atoms. The monoisotopic (exact) mass is 518 g/mol. The topological polar surface area (TPSA) is 111 Å². The first-order valence-electron chi connectivity index (χ1n) is 11.6. The third-order valence-corrected chi connectivity index (χ3v) is 8.17. The Morgan fingerprint density at radius 2 is 1.94 bits per heavy atom. The van der Waals surface area contributed by atoms with Crippen LogP contribution in [0.5, 0.6) is 11.6 Å². The Labute approximate surface area is 213 Å². The lowest BCUT2D eigenvalue weighted by Gasteiger charge is -2.42. The molecule has 0 amide bonds. The van der Waals surface area contributed by atoms with Gasteiger partial charge in [-0.25, -0.2) is 10.1 Å². The van der Waals surface area contributed by atoms with Gasteiger partial charge in [0.1, 0.15) is 22.4 Å². The van der Waals surface area contributed by atoms with Crippen LogP contribution >= 0.6 is 23.2 Å². The third-order valence-electron chi connectivity index (χ3n) is 7.32. The number of hydrogen-bond donors (Lipinski definition) is 2. The molecule has 0 radical (unpaired) electrons. The fourth-order valence-corrected chi connectivity index (χ4v) is 5.56. The second-order valence-electron chi connectivity index (χ2n) is 9.37. The maximum absolute atomic E-state index is 13.5. The Kier molecular flexibility index (Phi) is 6.29. The summed E-state index contributed by atoms with van der Waals surface area (Å²) >= 11 is 13.1. The summed E-state index contributed by atoms with van der Waals surface area (Å²) in [7, 11) is 0. The molecule has 0 bridgehead atoms. The van der Waals surface area contributed by atoms with E-state index in [0.29, 0.717) is 41.1 Å². The molecule has 4 heterocycles. The number of nitrogens with zero attached hydrogens (tertiary/aromatic N) is 4. The van der Waals surface area contributed by atoms with Crippen LogP contribution in [0.4, 0.5) is 5.82 Å².